The fraction of sp³-hybridized carbons (Fsp3) is 0.333. The van der Waals surface area contributed by atoms with Crippen LogP contribution in [0.15, 0.2) is 102 Å². The molecule has 0 heterocycles. The average Bonchev–Trinajstić information content (AvgIpc) is 3.12. The second kappa shape index (κ2) is 18.8. The summed E-state index contributed by atoms with van der Waals surface area (Å²) in [4.78, 5) is 4.05. The third kappa shape index (κ3) is 12.0. The minimum absolute atomic E-state index is 0.212. The van der Waals surface area contributed by atoms with E-state index in [9.17, 15) is 38.9 Å². The van der Waals surface area contributed by atoms with Crippen molar-refractivity contribution in [2.45, 2.75) is 78.0 Å². The van der Waals surface area contributed by atoms with Gasteiger partial charge >= 0.3 is 0 Å². The lowest BCUT2D eigenvalue weighted by molar-refractivity contribution is 0.478. The van der Waals surface area contributed by atoms with Gasteiger partial charge in [-0.2, -0.15) is 25.3 Å². The molecule has 0 fully saturated rings. The second-order valence-electron chi connectivity index (χ2n) is 15.4. The van der Waals surface area contributed by atoms with Crippen LogP contribution in [-0.2, 0) is 30.4 Å². The van der Waals surface area contributed by atoms with Crippen LogP contribution in [0.5, 0.6) is 0 Å². The molecule has 0 aliphatic heterocycles. The predicted octanol–water partition coefficient (Wildman–Crippen LogP) is 9.58. The maximum Gasteiger partial charge on any atom is 0.294 e. The van der Waals surface area contributed by atoms with Crippen LogP contribution in [0.1, 0.15) is 81.7 Å². The molecule has 5 rings (SSSR count). The van der Waals surface area contributed by atoms with E-state index in [4.69, 9.17) is 0 Å². The van der Waals surface area contributed by atoms with Gasteiger partial charge in [0.25, 0.3) is 30.4 Å². The molecule has 0 aromatic heterocycles. The minimum Gasteiger partial charge on any atom is -0.341 e. The van der Waals surface area contributed by atoms with Crippen molar-refractivity contribution in [3.05, 3.63) is 147 Å². The number of aryl methyl sites for hydroxylation is 6. The maximum absolute atomic E-state index is 12.8. The molecular formula is C45H54N2O9S3. The van der Waals surface area contributed by atoms with Crippen LogP contribution in [0.4, 0.5) is 22.7 Å². The Morgan fingerprint density at radius 3 is 1.19 bits per heavy atom. The molecule has 14 heteroatoms. The highest BCUT2D eigenvalue weighted by Crippen LogP contribution is 2.40. The van der Waals surface area contributed by atoms with Crippen molar-refractivity contribution in [1.29, 1.82) is 0 Å². The van der Waals surface area contributed by atoms with Crippen LogP contribution in [0.25, 0.3) is 0 Å². The number of hydrogen-bond donors (Lipinski definition) is 3. The van der Waals surface area contributed by atoms with Crippen molar-refractivity contribution in [1.82, 2.24) is 0 Å². The standard InChI is InChI=1S/C45H54N2O9S3/c1-31-27-33(3)44(34(4)28-31)46(23-9-11-25-57(48,49)50)39-19-15-37(16-20-39)43(41-13-7-8-14-42(41)59(54,55)56)38-17-21-40(22-18-38)47(24-10-12-26-58(51,52)53)45-35(5)29-32(2)30-36(45)6/h7-8,13-22,27-30,43H,9-12,23-26H2,1-6H3,(H,48,49,50)(H,51,52,53)(H,54,55,56). The second-order valence-corrected chi connectivity index (χ2v) is 19.9. The van der Waals surface area contributed by atoms with Gasteiger partial charge in [-0.1, -0.05) is 77.9 Å². The quantitative estimate of drug-likeness (QED) is 0.0436. The maximum atomic E-state index is 12.8. The fourth-order valence-corrected chi connectivity index (χ4v) is 10.1. The molecule has 11 nitrogen and oxygen atoms in total. The first kappa shape index (κ1) is 45.5. The number of rotatable bonds is 18. The van der Waals surface area contributed by atoms with E-state index in [2.05, 4.69) is 34.1 Å². The van der Waals surface area contributed by atoms with E-state index in [1.807, 2.05) is 90.1 Å². The number of unbranched alkanes of at least 4 members (excludes halogenated alkanes) is 2. The van der Waals surface area contributed by atoms with E-state index >= 15 is 0 Å². The summed E-state index contributed by atoms with van der Waals surface area (Å²) < 4.78 is 101. The highest BCUT2D eigenvalue weighted by atomic mass is 32.2. The monoisotopic (exact) mass is 862 g/mol. The molecule has 316 valence electrons. The van der Waals surface area contributed by atoms with Gasteiger partial charge in [-0.15, -0.1) is 0 Å². The molecule has 0 aliphatic carbocycles. The van der Waals surface area contributed by atoms with Crippen molar-refractivity contribution >= 4 is 53.1 Å². The van der Waals surface area contributed by atoms with E-state index in [-0.39, 0.29) is 29.2 Å². The van der Waals surface area contributed by atoms with Gasteiger partial charge in [-0.05, 0) is 137 Å². The third-order valence-electron chi connectivity index (χ3n) is 10.5. The summed E-state index contributed by atoms with van der Waals surface area (Å²) in [7, 11) is -12.8. The Kier molecular flexibility index (Phi) is 14.5. The van der Waals surface area contributed by atoms with Crippen LogP contribution in [0, 0.1) is 41.5 Å². The largest absolute Gasteiger partial charge is 0.341 e. The van der Waals surface area contributed by atoms with Crippen molar-refractivity contribution in [2.24, 2.45) is 0 Å². The van der Waals surface area contributed by atoms with Crippen LogP contribution in [-0.4, -0.2) is 63.5 Å². The molecule has 0 bridgehead atoms. The zero-order valence-electron chi connectivity index (χ0n) is 34.4. The molecule has 5 aromatic carbocycles. The van der Waals surface area contributed by atoms with Gasteiger partial charge in [-0.3, -0.25) is 13.7 Å². The normalized spacial score (nSPS) is 12.2. The Morgan fingerprint density at radius 1 is 0.492 bits per heavy atom. The molecule has 0 aliphatic rings. The Labute approximate surface area is 350 Å². The summed E-state index contributed by atoms with van der Waals surface area (Å²) >= 11 is 0. The molecule has 0 saturated carbocycles. The Hall–Kier alpha value is -4.57. The summed E-state index contributed by atoms with van der Waals surface area (Å²) in [6, 6.07) is 30.3. The topological polar surface area (TPSA) is 170 Å². The summed E-state index contributed by atoms with van der Waals surface area (Å²) in [5, 5.41) is 0. The van der Waals surface area contributed by atoms with Gasteiger partial charge in [0.15, 0.2) is 0 Å². The van der Waals surface area contributed by atoms with Crippen molar-refractivity contribution < 1.29 is 38.9 Å². The van der Waals surface area contributed by atoms with Crippen LogP contribution in [0.2, 0.25) is 0 Å². The van der Waals surface area contributed by atoms with Gasteiger partial charge in [0.05, 0.1) is 16.4 Å². The Morgan fingerprint density at radius 2 is 0.847 bits per heavy atom. The SMILES string of the molecule is Cc1cc(C)c(N(CCCCS(=O)(=O)O)c2ccc(C(c3ccc(N(CCCCS(=O)(=O)O)c4c(C)cc(C)cc4C)cc3)c3ccccc3S(=O)(=O)O)cc2)c(C)c1. The Bertz CT molecular complexity index is 2420. The van der Waals surface area contributed by atoms with Crippen LogP contribution in [0.3, 0.4) is 0 Å². The molecular weight excluding hydrogens is 809 g/mol. The molecule has 0 saturated heterocycles. The van der Waals surface area contributed by atoms with E-state index in [1.54, 1.807) is 18.2 Å². The molecule has 3 N–H and O–H groups in total. The number of nitrogens with zero attached hydrogens (tertiary/aromatic N) is 2. The number of benzene rings is 5. The smallest absolute Gasteiger partial charge is 0.294 e. The molecule has 0 unspecified atom stereocenters. The summed E-state index contributed by atoms with van der Waals surface area (Å²) in [5.74, 6) is -1.31. The lowest BCUT2D eigenvalue weighted by Gasteiger charge is -2.30. The highest BCUT2D eigenvalue weighted by molar-refractivity contribution is 7.86. The first-order valence-electron chi connectivity index (χ1n) is 19.5. The summed E-state index contributed by atoms with van der Waals surface area (Å²) in [6.07, 6.45) is 1.52. The molecule has 5 aromatic rings. The molecule has 0 radical (unpaired) electrons. The van der Waals surface area contributed by atoms with Gasteiger partial charge in [-0.25, -0.2) is 0 Å². The van der Waals surface area contributed by atoms with E-state index in [1.165, 1.54) is 6.07 Å². The Balaban J connectivity index is 1.59. The average molecular weight is 863 g/mol. The zero-order chi connectivity index (χ0) is 43.3. The van der Waals surface area contributed by atoms with Gasteiger partial charge in [0.1, 0.15) is 0 Å². The molecule has 0 spiro atoms. The van der Waals surface area contributed by atoms with Crippen molar-refractivity contribution in [3.8, 4) is 0 Å². The van der Waals surface area contributed by atoms with E-state index in [0.717, 1.165) is 67.3 Å². The van der Waals surface area contributed by atoms with Crippen molar-refractivity contribution in [3.63, 3.8) is 0 Å². The number of anilines is 4. The molecule has 0 amide bonds. The van der Waals surface area contributed by atoms with Crippen LogP contribution >= 0.6 is 0 Å². The zero-order valence-corrected chi connectivity index (χ0v) is 36.8. The predicted molar refractivity (Wildman–Crippen MR) is 237 cm³/mol. The number of hydrogen-bond acceptors (Lipinski definition) is 8. The van der Waals surface area contributed by atoms with E-state index < -0.39 is 36.3 Å². The third-order valence-corrected chi connectivity index (χ3v) is 13.0. The summed E-state index contributed by atoms with van der Waals surface area (Å²) in [5.41, 5.74) is 12.0. The lowest BCUT2D eigenvalue weighted by atomic mass is 9.85. The van der Waals surface area contributed by atoms with Gasteiger partial charge in [0, 0.05) is 41.8 Å². The van der Waals surface area contributed by atoms with Gasteiger partial charge < -0.3 is 9.80 Å². The first-order chi connectivity index (χ1) is 27.6. The van der Waals surface area contributed by atoms with Crippen LogP contribution < -0.4 is 9.80 Å². The first-order valence-corrected chi connectivity index (χ1v) is 24.2. The minimum atomic E-state index is -4.62. The highest BCUT2D eigenvalue weighted by Gasteiger charge is 2.26. The fourth-order valence-electron chi connectivity index (χ4n) is 8.24. The van der Waals surface area contributed by atoms with Gasteiger partial charge in [0.2, 0.25) is 0 Å². The molecule has 0 atom stereocenters. The lowest BCUT2D eigenvalue weighted by Crippen LogP contribution is -2.22. The summed E-state index contributed by atoms with van der Waals surface area (Å²) in [6.45, 7) is 13.1. The molecule has 59 heavy (non-hydrogen) atoms. The van der Waals surface area contributed by atoms with E-state index in [0.29, 0.717) is 31.5 Å². The van der Waals surface area contributed by atoms with Crippen molar-refractivity contribution in [2.75, 3.05) is 34.4 Å².